The number of benzene rings is 1. The van der Waals surface area contributed by atoms with Crippen molar-refractivity contribution < 1.29 is 9.59 Å². The van der Waals surface area contributed by atoms with E-state index in [9.17, 15) is 9.59 Å². The average molecular weight is 404 g/mol. The molecule has 0 bridgehead atoms. The van der Waals surface area contributed by atoms with Crippen molar-refractivity contribution in [1.82, 2.24) is 29.5 Å². The van der Waals surface area contributed by atoms with Crippen LogP contribution in [0, 0.1) is 12.8 Å². The highest BCUT2D eigenvalue weighted by molar-refractivity contribution is 5.95. The molecule has 3 aromatic rings. The second-order valence-electron chi connectivity index (χ2n) is 8.34. The van der Waals surface area contributed by atoms with E-state index in [2.05, 4.69) is 15.2 Å². The van der Waals surface area contributed by atoms with Gasteiger partial charge in [0.05, 0.1) is 5.41 Å². The summed E-state index contributed by atoms with van der Waals surface area (Å²) in [5.74, 6) is 1.53. The normalized spacial score (nSPS) is 23.1. The molecule has 8 nitrogen and oxygen atoms in total. The Morgan fingerprint density at radius 3 is 2.33 bits per heavy atom. The topological polar surface area (TPSA) is 87.1 Å². The Balaban J connectivity index is 1.46. The van der Waals surface area contributed by atoms with Gasteiger partial charge in [-0.2, -0.15) is 5.10 Å². The predicted octanol–water partition coefficient (Wildman–Crippen LogP) is 1.62. The van der Waals surface area contributed by atoms with E-state index in [1.807, 2.05) is 77.0 Å². The standard InChI is InChI=1S/C22H24N6O2/c1-15-23-21(25-24-15)22-13-27(19(29)16-7-4-3-5-8-16)11-17(22)12-28(14-22)20(30)18-9-6-10-26(18)2/h3-10,17H,11-14H2,1-2H3,(H,23,24,25)/t17-,22-/m0/s1. The largest absolute Gasteiger partial charge is 0.347 e. The van der Waals surface area contributed by atoms with E-state index in [1.165, 1.54) is 0 Å². The number of carbonyl (C=O) groups excluding carboxylic acids is 2. The zero-order valence-electron chi connectivity index (χ0n) is 17.1. The number of likely N-dealkylation sites (tertiary alicyclic amines) is 2. The lowest BCUT2D eigenvalue weighted by molar-refractivity contribution is 0.0726. The van der Waals surface area contributed by atoms with Gasteiger partial charge in [-0.3, -0.25) is 14.7 Å². The SMILES string of the molecule is Cc1nc([C@]23CN(C(=O)c4ccccc4)C[C@H]2CN(C(=O)c2cccn2C)C3)n[nH]1. The van der Waals surface area contributed by atoms with Crippen molar-refractivity contribution in [1.29, 1.82) is 0 Å². The molecule has 1 aromatic carbocycles. The quantitative estimate of drug-likeness (QED) is 0.719. The van der Waals surface area contributed by atoms with Crippen LogP contribution in [0.4, 0.5) is 0 Å². The van der Waals surface area contributed by atoms with Gasteiger partial charge < -0.3 is 14.4 Å². The fraction of sp³-hybridized carbons (Fsp3) is 0.364. The third-order valence-corrected chi connectivity index (χ3v) is 6.41. The summed E-state index contributed by atoms with van der Waals surface area (Å²) >= 11 is 0. The van der Waals surface area contributed by atoms with Gasteiger partial charge in [-0.25, -0.2) is 4.98 Å². The van der Waals surface area contributed by atoms with E-state index in [1.54, 1.807) is 0 Å². The van der Waals surface area contributed by atoms with E-state index in [0.717, 1.165) is 5.82 Å². The Hall–Kier alpha value is -3.42. The molecule has 1 N–H and O–H groups in total. The van der Waals surface area contributed by atoms with Crippen molar-refractivity contribution in [2.75, 3.05) is 26.2 Å². The Labute approximate surface area is 174 Å². The molecule has 8 heteroatoms. The number of aryl methyl sites for hydroxylation is 2. The molecular formula is C22H24N6O2. The first-order valence-electron chi connectivity index (χ1n) is 10.1. The third-order valence-electron chi connectivity index (χ3n) is 6.41. The first-order chi connectivity index (χ1) is 14.5. The van der Waals surface area contributed by atoms with Crippen molar-refractivity contribution in [3.05, 3.63) is 71.6 Å². The number of nitrogens with zero attached hydrogens (tertiary/aromatic N) is 5. The van der Waals surface area contributed by atoms with Gasteiger partial charge in [-0.15, -0.1) is 0 Å². The summed E-state index contributed by atoms with van der Waals surface area (Å²) in [4.78, 5) is 34.6. The van der Waals surface area contributed by atoms with Gasteiger partial charge in [0.15, 0.2) is 5.82 Å². The number of nitrogens with one attached hydrogen (secondary N) is 1. The lowest BCUT2D eigenvalue weighted by Crippen LogP contribution is -2.42. The summed E-state index contributed by atoms with van der Waals surface area (Å²) in [5.41, 5.74) is 0.875. The van der Waals surface area contributed by atoms with E-state index in [4.69, 9.17) is 0 Å². The number of amides is 2. The molecular weight excluding hydrogens is 380 g/mol. The monoisotopic (exact) mass is 404 g/mol. The third kappa shape index (κ3) is 2.82. The minimum atomic E-state index is -0.462. The Morgan fingerprint density at radius 1 is 1.03 bits per heavy atom. The molecule has 2 fully saturated rings. The van der Waals surface area contributed by atoms with E-state index < -0.39 is 5.41 Å². The van der Waals surface area contributed by atoms with Gasteiger partial charge in [0.2, 0.25) is 0 Å². The van der Waals surface area contributed by atoms with Crippen LogP contribution in [0.3, 0.4) is 0 Å². The molecule has 0 radical (unpaired) electrons. The van der Waals surface area contributed by atoms with Crippen LogP contribution in [0.1, 0.15) is 32.5 Å². The zero-order chi connectivity index (χ0) is 20.9. The molecule has 154 valence electrons. The van der Waals surface area contributed by atoms with Crippen molar-refractivity contribution in [2.24, 2.45) is 13.0 Å². The fourth-order valence-electron chi connectivity index (χ4n) is 4.87. The minimum absolute atomic E-state index is 0.00414. The van der Waals surface area contributed by atoms with Crippen LogP contribution in [-0.2, 0) is 12.5 Å². The number of hydrogen-bond acceptors (Lipinski definition) is 4. The highest BCUT2D eigenvalue weighted by atomic mass is 16.2. The summed E-state index contributed by atoms with van der Waals surface area (Å²) in [5, 5.41) is 7.39. The molecule has 4 heterocycles. The molecule has 0 spiro atoms. The molecule has 2 aliphatic rings. The van der Waals surface area contributed by atoms with Gasteiger partial charge in [0.1, 0.15) is 11.5 Å². The number of aromatic amines is 1. The summed E-state index contributed by atoms with van der Waals surface area (Å²) in [6.07, 6.45) is 1.87. The molecule has 0 aliphatic carbocycles. The summed E-state index contributed by atoms with van der Waals surface area (Å²) in [6, 6.07) is 13.0. The number of carbonyl (C=O) groups is 2. The van der Waals surface area contributed by atoms with Crippen LogP contribution in [0.25, 0.3) is 0 Å². The summed E-state index contributed by atoms with van der Waals surface area (Å²) < 4.78 is 1.84. The van der Waals surface area contributed by atoms with Crippen molar-refractivity contribution in [3.63, 3.8) is 0 Å². The Bertz CT molecular complexity index is 1100. The summed E-state index contributed by atoms with van der Waals surface area (Å²) in [7, 11) is 1.87. The van der Waals surface area contributed by atoms with Gasteiger partial charge >= 0.3 is 0 Å². The summed E-state index contributed by atoms with van der Waals surface area (Å²) in [6.45, 7) is 4.03. The fourth-order valence-corrected chi connectivity index (χ4v) is 4.87. The molecule has 5 rings (SSSR count). The van der Waals surface area contributed by atoms with Gasteiger partial charge in [-0.05, 0) is 31.2 Å². The molecule has 0 unspecified atom stereocenters. The molecule has 0 saturated carbocycles. The highest BCUT2D eigenvalue weighted by Crippen LogP contribution is 2.44. The highest BCUT2D eigenvalue weighted by Gasteiger charge is 2.57. The van der Waals surface area contributed by atoms with Crippen LogP contribution < -0.4 is 0 Å². The van der Waals surface area contributed by atoms with Gasteiger partial charge in [0, 0.05) is 50.9 Å². The van der Waals surface area contributed by atoms with Crippen LogP contribution in [0.15, 0.2) is 48.7 Å². The first kappa shape index (κ1) is 18.6. The lowest BCUT2D eigenvalue weighted by atomic mass is 9.80. The minimum Gasteiger partial charge on any atom is -0.347 e. The Kier molecular flexibility index (Phi) is 4.23. The maximum absolute atomic E-state index is 13.2. The van der Waals surface area contributed by atoms with E-state index in [-0.39, 0.29) is 17.7 Å². The van der Waals surface area contributed by atoms with E-state index in [0.29, 0.717) is 43.3 Å². The number of aromatic nitrogens is 4. The molecule has 2 atom stereocenters. The zero-order valence-corrected chi connectivity index (χ0v) is 17.1. The van der Waals surface area contributed by atoms with Crippen molar-refractivity contribution >= 4 is 11.8 Å². The van der Waals surface area contributed by atoms with Crippen molar-refractivity contribution in [2.45, 2.75) is 12.3 Å². The number of fused-ring (bicyclic) bond motifs is 1. The molecule has 2 amide bonds. The lowest BCUT2D eigenvalue weighted by Gasteiger charge is -2.27. The number of rotatable bonds is 3. The Morgan fingerprint density at radius 2 is 1.73 bits per heavy atom. The van der Waals surface area contributed by atoms with Crippen LogP contribution in [0.5, 0.6) is 0 Å². The van der Waals surface area contributed by atoms with Gasteiger partial charge in [-0.1, -0.05) is 18.2 Å². The maximum atomic E-state index is 13.2. The van der Waals surface area contributed by atoms with Crippen LogP contribution >= 0.6 is 0 Å². The van der Waals surface area contributed by atoms with Gasteiger partial charge in [0.25, 0.3) is 11.8 Å². The molecule has 2 aromatic heterocycles. The first-order valence-corrected chi connectivity index (χ1v) is 10.1. The second-order valence-corrected chi connectivity index (χ2v) is 8.34. The predicted molar refractivity (Wildman–Crippen MR) is 110 cm³/mol. The van der Waals surface area contributed by atoms with Crippen LogP contribution in [0.2, 0.25) is 0 Å². The molecule has 2 saturated heterocycles. The second kappa shape index (κ2) is 6.83. The molecule has 30 heavy (non-hydrogen) atoms. The number of H-pyrrole nitrogens is 1. The number of hydrogen-bond donors (Lipinski definition) is 1. The van der Waals surface area contributed by atoms with Crippen molar-refractivity contribution in [3.8, 4) is 0 Å². The van der Waals surface area contributed by atoms with Crippen LogP contribution in [-0.4, -0.2) is 67.5 Å². The maximum Gasteiger partial charge on any atom is 0.270 e. The average Bonchev–Trinajstić information content (AvgIpc) is 3.50. The molecule has 2 aliphatic heterocycles. The smallest absolute Gasteiger partial charge is 0.270 e. The van der Waals surface area contributed by atoms with E-state index >= 15 is 0 Å².